The molecule has 3 aromatic rings. The molecule has 0 spiro atoms. The zero-order valence-electron chi connectivity index (χ0n) is 26.9. The highest BCUT2D eigenvalue weighted by atomic mass is 19.4. The van der Waals surface area contributed by atoms with Gasteiger partial charge in [-0.15, -0.1) is 0 Å². The molecule has 1 saturated carbocycles. The summed E-state index contributed by atoms with van der Waals surface area (Å²) >= 11 is 0. The Bertz CT molecular complexity index is 1570. The van der Waals surface area contributed by atoms with E-state index < -0.39 is 29.2 Å². The molecule has 1 saturated heterocycles. The van der Waals surface area contributed by atoms with Crippen molar-refractivity contribution in [2.24, 2.45) is 11.8 Å². The predicted molar refractivity (Wildman–Crippen MR) is 164 cm³/mol. The molecule has 45 heavy (non-hydrogen) atoms. The molecule has 1 aliphatic heterocycles. The number of rotatable bonds is 8. The van der Waals surface area contributed by atoms with Gasteiger partial charge in [-0.3, -0.25) is 14.2 Å². The number of nitrogens with zero attached hydrogens (tertiary/aromatic N) is 4. The summed E-state index contributed by atoms with van der Waals surface area (Å²) in [7, 11) is 0. The van der Waals surface area contributed by atoms with Gasteiger partial charge in [-0.25, -0.2) is 9.97 Å². The van der Waals surface area contributed by atoms with Gasteiger partial charge < -0.3 is 14.4 Å². The van der Waals surface area contributed by atoms with Gasteiger partial charge in [0.15, 0.2) is 12.4 Å². The van der Waals surface area contributed by atoms with E-state index in [-0.39, 0.29) is 35.8 Å². The highest BCUT2D eigenvalue weighted by Gasteiger charge is 2.45. The van der Waals surface area contributed by atoms with Gasteiger partial charge in [0.1, 0.15) is 11.6 Å². The van der Waals surface area contributed by atoms with Crippen LogP contribution in [0.3, 0.4) is 0 Å². The van der Waals surface area contributed by atoms with Gasteiger partial charge in [0.2, 0.25) is 0 Å². The fourth-order valence-corrected chi connectivity index (χ4v) is 6.73. The van der Waals surface area contributed by atoms with Gasteiger partial charge in [0, 0.05) is 18.3 Å². The molecule has 8 nitrogen and oxygen atoms in total. The van der Waals surface area contributed by atoms with Gasteiger partial charge in [0.25, 0.3) is 5.91 Å². The van der Waals surface area contributed by atoms with Crippen LogP contribution in [0.15, 0.2) is 30.5 Å². The van der Waals surface area contributed by atoms with E-state index in [0.29, 0.717) is 36.0 Å². The number of carbonyl (C=O) groups excluding carboxylic acids is 2. The Balaban J connectivity index is 1.63. The number of alkyl halides is 3. The molecule has 1 aliphatic carbocycles. The number of hydrogen-bond acceptors (Lipinski definition) is 6. The number of imidazole rings is 1. The number of likely N-dealkylation sites (tertiary alicyclic amines) is 1. The average Bonchev–Trinajstić information content (AvgIpc) is 3.58. The summed E-state index contributed by atoms with van der Waals surface area (Å²) < 4.78 is 54.2. The maximum atomic E-state index is 14.7. The van der Waals surface area contributed by atoms with Crippen LogP contribution < -0.4 is 4.74 Å². The quantitative estimate of drug-likeness (QED) is 0.236. The molecule has 1 aromatic carbocycles. The van der Waals surface area contributed by atoms with Crippen LogP contribution in [0.5, 0.6) is 5.75 Å². The number of esters is 1. The molecule has 2 aliphatic rings. The molecule has 244 valence electrons. The van der Waals surface area contributed by atoms with Gasteiger partial charge in [-0.2, -0.15) is 13.2 Å². The summed E-state index contributed by atoms with van der Waals surface area (Å²) in [5.41, 5.74) is -0.212. The van der Waals surface area contributed by atoms with E-state index in [2.05, 4.69) is 11.9 Å². The van der Waals surface area contributed by atoms with Crippen LogP contribution >= 0.6 is 0 Å². The number of pyridine rings is 1. The van der Waals surface area contributed by atoms with Crippen LogP contribution in [0.1, 0.15) is 113 Å². The molecule has 5 rings (SSSR count). The van der Waals surface area contributed by atoms with E-state index in [1.807, 2.05) is 39.0 Å². The zero-order valence-corrected chi connectivity index (χ0v) is 26.9. The maximum absolute atomic E-state index is 14.7. The maximum Gasteiger partial charge on any atom is 0.417 e. The number of hydrogen-bond donors (Lipinski definition) is 0. The minimum absolute atomic E-state index is 0.0758. The summed E-state index contributed by atoms with van der Waals surface area (Å²) in [4.78, 5) is 37.8. The van der Waals surface area contributed by atoms with E-state index in [9.17, 15) is 22.8 Å². The van der Waals surface area contributed by atoms with Crippen molar-refractivity contribution in [3.8, 4) is 5.75 Å². The van der Waals surface area contributed by atoms with E-state index in [4.69, 9.17) is 14.5 Å². The van der Waals surface area contributed by atoms with Gasteiger partial charge in [0.05, 0.1) is 28.6 Å². The zero-order chi connectivity index (χ0) is 32.7. The van der Waals surface area contributed by atoms with E-state index in [1.165, 1.54) is 4.57 Å². The SMILES string of the molecule is CC(C)Oc1ccc(C2CC[C@H](C)C2)c(C(=O)N2CCCC[C@@]2(C)c2nc3ncc(C(F)(F)F)cc3n2COC(=O)C(C)C)c1. The van der Waals surface area contributed by atoms with Crippen LogP contribution in [-0.2, 0) is 28.0 Å². The van der Waals surface area contributed by atoms with E-state index in [0.717, 1.165) is 49.9 Å². The number of benzene rings is 1. The molecular weight excluding hydrogens is 585 g/mol. The lowest BCUT2D eigenvalue weighted by molar-refractivity contribution is -0.151. The first-order valence-electron chi connectivity index (χ1n) is 15.9. The molecular formula is C34H43F3N4O4. The minimum Gasteiger partial charge on any atom is -0.491 e. The van der Waals surface area contributed by atoms with Gasteiger partial charge in [-0.05, 0) is 88.5 Å². The fourth-order valence-electron chi connectivity index (χ4n) is 6.73. The van der Waals surface area contributed by atoms with Crippen molar-refractivity contribution >= 4 is 23.0 Å². The Morgan fingerprint density at radius 3 is 2.51 bits per heavy atom. The minimum atomic E-state index is -4.63. The Morgan fingerprint density at radius 2 is 1.87 bits per heavy atom. The van der Waals surface area contributed by atoms with Crippen molar-refractivity contribution in [2.45, 2.75) is 111 Å². The smallest absolute Gasteiger partial charge is 0.417 e. The molecule has 11 heteroatoms. The first-order valence-corrected chi connectivity index (χ1v) is 15.9. The fraction of sp³-hybridized carbons (Fsp3) is 0.588. The van der Waals surface area contributed by atoms with Crippen LogP contribution in [0, 0.1) is 11.8 Å². The molecule has 3 atom stereocenters. The number of carbonyl (C=O) groups is 2. The first-order chi connectivity index (χ1) is 21.2. The lowest BCUT2D eigenvalue weighted by Gasteiger charge is -2.44. The molecule has 2 aromatic heterocycles. The molecule has 0 bridgehead atoms. The summed E-state index contributed by atoms with van der Waals surface area (Å²) in [6, 6.07) is 6.75. The largest absolute Gasteiger partial charge is 0.491 e. The van der Waals surface area contributed by atoms with Crippen molar-refractivity contribution < 1.29 is 32.2 Å². The van der Waals surface area contributed by atoms with Crippen molar-refractivity contribution in [1.29, 1.82) is 0 Å². The van der Waals surface area contributed by atoms with Crippen molar-refractivity contribution in [3.63, 3.8) is 0 Å². The molecule has 0 N–H and O–H groups in total. The molecule has 1 unspecified atom stereocenters. The number of piperidine rings is 1. The number of aromatic nitrogens is 3. The summed E-state index contributed by atoms with van der Waals surface area (Å²) in [6.07, 6.45) is 1.19. The third-order valence-electron chi connectivity index (χ3n) is 9.12. The van der Waals surface area contributed by atoms with Crippen LogP contribution in [0.2, 0.25) is 0 Å². The van der Waals surface area contributed by atoms with Crippen molar-refractivity contribution in [3.05, 3.63) is 53.0 Å². The van der Waals surface area contributed by atoms with Crippen LogP contribution in [-0.4, -0.2) is 44.0 Å². The molecule has 0 radical (unpaired) electrons. The van der Waals surface area contributed by atoms with Gasteiger partial charge >= 0.3 is 12.1 Å². The normalized spacial score (nSPS) is 22.4. The number of ether oxygens (including phenoxy) is 2. The lowest BCUT2D eigenvalue weighted by atomic mass is 9.85. The Kier molecular flexibility index (Phi) is 9.20. The second-order valence-corrected chi connectivity index (χ2v) is 13.4. The molecule has 1 amide bonds. The summed E-state index contributed by atoms with van der Waals surface area (Å²) in [5.74, 6) is 0.635. The predicted octanol–water partition coefficient (Wildman–Crippen LogP) is 7.84. The third-order valence-corrected chi connectivity index (χ3v) is 9.12. The number of fused-ring (bicyclic) bond motifs is 1. The second kappa shape index (κ2) is 12.6. The monoisotopic (exact) mass is 628 g/mol. The summed E-state index contributed by atoms with van der Waals surface area (Å²) in [6.45, 7) is 11.4. The summed E-state index contributed by atoms with van der Waals surface area (Å²) in [5, 5.41) is 0. The van der Waals surface area contributed by atoms with Crippen LogP contribution in [0.25, 0.3) is 11.2 Å². The standard InChI is InChI=1S/C34H43F3N4O4/c1-20(2)31(43)44-19-40-28-16-24(34(35,36)37)18-38-29(28)39-32(40)33(6)13-7-8-14-41(33)30(42)27-17-25(45-21(3)4)11-12-26(27)23-10-9-22(5)15-23/h11-12,16-18,20-23H,7-10,13-15,19H2,1-6H3/t22-,23?,33-/m0/s1. The van der Waals surface area contributed by atoms with Gasteiger partial charge in [-0.1, -0.05) is 33.3 Å². The highest BCUT2D eigenvalue weighted by Crippen LogP contribution is 2.44. The van der Waals surface area contributed by atoms with Crippen molar-refractivity contribution in [2.75, 3.05) is 6.54 Å². The Labute approximate surface area is 262 Å². The first kappa shape index (κ1) is 32.8. The van der Waals surface area contributed by atoms with Crippen LogP contribution in [0.4, 0.5) is 13.2 Å². The second-order valence-electron chi connectivity index (χ2n) is 13.4. The highest BCUT2D eigenvalue weighted by molar-refractivity contribution is 5.97. The van der Waals surface area contributed by atoms with Crippen molar-refractivity contribution in [1.82, 2.24) is 19.4 Å². The Morgan fingerprint density at radius 1 is 1.11 bits per heavy atom. The topological polar surface area (TPSA) is 86.6 Å². The van der Waals surface area contributed by atoms with E-state index in [1.54, 1.807) is 18.7 Å². The van der Waals surface area contributed by atoms with E-state index >= 15 is 0 Å². The number of amides is 1. The lowest BCUT2D eigenvalue weighted by Crippen LogP contribution is -2.52. The number of halogens is 3. The average molecular weight is 629 g/mol. The third kappa shape index (κ3) is 6.67. The molecule has 3 heterocycles. The molecule has 2 fully saturated rings. The Hall–Kier alpha value is -3.63.